The molecule has 142 valence electrons. The minimum atomic E-state index is -5.84. The van der Waals surface area contributed by atoms with Gasteiger partial charge in [-0.15, -0.1) is 0 Å². The van der Waals surface area contributed by atoms with Crippen LogP contribution in [0, 0.1) is 0 Å². The van der Waals surface area contributed by atoms with Gasteiger partial charge in [0.15, 0.2) is 0 Å². The van der Waals surface area contributed by atoms with E-state index in [0.29, 0.717) is 5.92 Å². The Labute approximate surface area is 155 Å². The Morgan fingerprint density at radius 2 is 0.852 bits per heavy atom. The highest BCUT2D eigenvalue weighted by molar-refractivity contribution is 7.86. The lowest BCUT2D eigenvalue weighted by Crippen LogP contribution is -2.21. The number of hydrogen-bond donors (Lipinski definition) is 1. The summed E-state index contributed by atoms with van der Waals surface area (Å²) in [6.45, 7) is 0. The van der Waals surface area contributed by atoms with Crippen molar-refractivity contribution in [3.05, 3.63) is 108 Å². The van der Waals surface area contributed by atoms with Gasteiger partial charge in [0.2, 0.25) is 0 Å². The molecule has 0 aliphatic heterocycles. The molecule has 0 amide bonds. The molecule has 0 spiro atoms. The average molecular weight is 394 g/mol. The van der Waals surface area contributed by atoms with Crippen LogP contribution in [0.1, 0.15) is 22.6 Å². The topological polar surface area (TPSA) is 54.4 Å². The fraction of sp³-hybridized carbons (Fsp3) is 0.100. The summed E-state index contributed by atoms with van der Waals surface area (Å²) in [5.41, 5.74) is -1.53. The second-order valence-corrected chi connectivity index (χ2v) is 7.00. The van der Waals surface area contributed by atoms with E-state index in [4.69, 9.17) is 13.0 Å². The summed E-state index contributed by atoms with van der Waals surface area (Å²) < 4.78 is 57.5. The van der Waals surface area contributed by atoms with Crippen LogP contribution < -0.4 is 0 Å². The normalized spacial score (nSPS) is 11.6. The van der Waals surface area contributed by atoms with Crippen molar-refractivity contribution >= 4 is 10.1 Å². The largest absolute Gasteiger partial charge is 0.522 e. The third kappa shape index (κ3) is 5.94. The van der Waals surface area contributed by atoms with Gasteiger partial charge >= 0.3 is 15.6 Å². The molecular weight excluding hydrogens is 377 g/mol. The van der Waals surface area contributed by atoms with Crippen molar-refractivity contribution in [2.75, 3.05) is 0 Å². The Bertz CT molecular complexity index is 833. The molecule has 3 aromatic carbocycles. The van der Waals surface area contributed by atoms with E-state index in [0.717, 1.165) is 0 Å². The predicted molar refractivity (Wildman–Crippen MR) is 97.9 cm³/mol. The Balaban J connectivity index is 0.000000279. The van der Waals surface area contributed by atoms with Crippen LogP contribution in [0.3, 0.4) is 0 Å². The summed E-state index contributed by atoms with van der Waals surface area (Å²) in [5.74, 6) is 0.309. The summed E-state index contributed by atoms with van der Waals surface area (Å²) >= 11 is 0. The van der Waals surface area contributed by atoms with Crippen LogP contribution in [-0.2, 0) is 10.1 Å². The quantitative estimate of drug-likeness (QED) is 0.374. The molecule has 0 aliphatic rings. The van der Waals surface area contributed by atoms with Crippen molar-refractivity contribution in [2.45, 2.75) is 11.4 Å². The van der Waals surface area contributed by atoms with Crippen molar-refractivity contribution in [1.82, 2.24) is 0 Å². The van der Waals surface area contributed by atoms with Crippen LogP contribution in [0.2, 0.25) is 0 Å². The first-order valence-electron chi connectivity index (χ1n) is 7.89. The first-order chi connectivity index (χ1) is 12.7. The maximum atomic E-state index is 10.7. The minimum absolute atomic E-state index is 0.309. The summed E-state index contributed by atoms with van der Waals surface area (Å²) in [4.78, 5) is 0. The summed E-state index contributed by atoms with van der Waals surface area (Å²) in [7, 11) is -5.84. The molecule has 7 heteroatoms. The first-order valence-corrected chi connectivity index (χ1v) is 9.33. The van der Waals surface area contributed by atoms with Crippen molar-refractivity contribution in [3.8, 4) is 0 Å². The molecule has 0 fully saturated rings. The molecule has 0 saturated heterocycles. The molecule has 27 heavy (non-hydrogen) atoms. The van der Waals surface area contributed by atoms with Gasteiger partial charge in [0.1, 0.15) is 0 Å². The van der Waals surface area contributed by atoms with Gasteiger partial charge in [-0.3, -0.25) is 4.55 Å². The molecule has 0 unspecified atom stereocenters. The SMILES string of the molecule is O=S(=O)(O)C(F)(F)F.c1ccc(C(c2ccccc2)c2ccccc2)cc1. The van der Waals surface area contributed by atoms with E-state index in [1.54, 1.807) is 0 Å². The number of rotatable bonds is 3. The molecular formula is C20H17F3O3S. The van der Waals surface area contributed by atoms with Gasteiger partial charge in [0.05, 0.1) is 0 Å². The first kappa shape index (κ1) is 20.7. The van der Waals surface area contributed by atoms with Crippen molar-refractivity contribution < 1.29 is 26.1 Å². The Hall–Kier alpha value is -2.64. The molecule has 0 heterocycles. The van der Waals surface area contributed by atoms with Gasteiger partial charge in [0.25, 0.3) is 0 Å². The minimum Gasteiger partial charge on any atom is -0.279 e. The number of hydrogen-bond acceptors (Lipinski definition) is 2. The van der Waals surface area contributed by atoms with Crippen LogP contribution >= 0.6 is 0 Å². The maximum Gasteiger partial charge on any atom is 0.522 e. The van der Waals surface area contributed by atoms with Gasteiger partial charge in [-0.25, -0.2) is 0 Å². The zero-order valence-corrected chi connectivity index (χ0v) is 14.9. The highest BCUT2D eigenvalue weighted by Gasteiger charge is 2.44. The second-order valence-electron chi connectivity index (χ2n) is 5.59. The van der Waals surface area contributed by atoms with E-state index in [9.17, 15) is 13.2 Å². The van der Waals surface area contributed by atoms with Gasteiger partial charge in [0, 0.05) is 5.92 Å². The van der Waals surface area contributed by atoms with E-state index in [1.165, 1.54) is 16.7 Å². The summed E-state index contributed by atoms with van der Waals surface area (Å²) in [5, 5.41) is 0. The van der Waals surface area contributed by atoms with E-state index in [2.05, 4.69) is 91.0 Å². The van der Waals surface area contributed by atoms with Gasteiger partial charge in [-0.05, 0) is 16.7 Å². The Kier molecular flexibility index (Phi) is 6.76. The average Bonchev–Trinajstić information content (AvgIpc) is 2.64. The highest BCUT2D eigenvalue weighted by Crippen LogP contribution is 2.31. The van der Waals surface area contributed by atoms with Crippen LogP contribution in [-0.4, -0.2) is 18.5 Å². The highest BCUT2D eigenvalue weighted by atomic mass is 32.2. The van der Waals surface area contributed by atoms with Crippen LogP contribution in [0.5, 0.6) is 0 Å². The standard InChI is InChI=1S/C19H16.CHF3O3S/c1-4-10-16(11-5-1)19(17-12-6-2-7-13-17)18-14-8-3-9-15-18;2-1(3,4)8(5,6)7/h1-15,19H;(H,5,6,7). The van der Waals surface area contributed by atoms with E-state index < -0.39 is 15.6 Å². The lowest BCUT2D eigenvalue weighted by molar-refractivity contribution is -0.0510. The molecule has 3 nitrogen and oxygen atoms in total. The summed E-state index contributed by atoms with van der Waals surface area (Å²) in [6, 6.07) is 32.0. The van der Waals surface area contributed by atoms with E-state index in [-0.39, 0.29) is 0 Å². The predicted octanol–water partition coefficient (Wildman–Crippen LogP) is 5.26. The third-order valence-electron chi connectivity index (χ3n) is 3.69. The van der Waals surface area contributed by atoms with Gasteiger partial charge in [-0.1, -0.05) is 91.0 Å². The van der Waals surface area contributed by atoms with Crippen LogP contribution in [0.4, 0.5) is 13.2 Å². The second kappa shape index (κ2) is 8.83. The van der Waals surface area contributed by atoms with Crippen LogP contribution in [0.25, 0.3) is 0 Å². The van der Waals surface area contributed by atoms with Gasteiger partial charge in [-0.2, -0.15) is 21.6 Å². The molecule has 3 rings (SSSR count). The lowest BCUT2D eigenvalue weighted by atomic mass is 9.85. The zero-order valence-electron chi connectivity index (χ0n) is 14.0. The third-order valence-corrected chi connectivity index (χ3v) is 4.28. The van der Waals surface area contributed by atoms with Gasteiger partial charge < -0.3 is 0 Å². The molecule has 0 radical (unpaired) electrons. The van der Waals surface area contributed by atoms with E-state index in [1.807, 2.05) is 0 Å². The molecule has 0 aromatic heterocycles. The molecule has 0 aliphatic carbocycles. The van der Waals surface area contributed by atoms with Crippen LogP contribution in [0.15, 0.2) is 91.0 Å². The number of alkyl halides is 3. The fourth-order valence-corrected chi connectivity index (χ4v) is 2.51. The Morgan fingerprint density at radius 1 is 0.630 bits per heavy atom. The number of benzene rings is 3. The van der Waals surface area contributed by atoms with Crippen molar-refractivity contribution in [1.29, 1.82) is 0 Å². The van der Waals surface area contributed by atoms with Crippen molar-refractivity contribution in [2.24, 2.45) is 0 Å². The van der Waals surface area contributed by atoms with E-state index >= 15 is 0 Å². The molecule has 0 atom stereocenters. The molecule has 0 bridgehead atoms. The molecule has 0 saturated carbocycles. The lowest BCUT2D eigenvalue weighted by Gasteiger charge is -2.18. The monoisotopic (exact) mass is 394 g/mol. The Morgan fingerprint density at radius 3 is 1.04 bits per heavy atom. The number of halogens is 3. The maximum absolute atomic E-state index is 10.7. The van der Waals surface area contributed by atoms with Crippen molar-refractivity contribution in [3.63, 3.8) is 0 Å². The molecule has 1 N–H and O–H groups in total. The molecule has 3 aromatic rings. The smallest absolute Gasteiger partial charge is 0.279 e. The summed E-state index contributed by atoms with van der Waals surface area (Å²) in [6.07, 6.45) is 0. The zero-order chi connectivity index (χ0) is 19.9. The fourth-order valence-electron chi connectivity index (χ4n) is 2.51.